The number of ether oxygens (including phenoxy) is 5. The van der Waals surface area contributed by atoms with E-state index in [9.17, 15) is 5.11 Å². The molecule has 166 valence electrons. The van der Waals surface area contributed by atoms with Gasteiger partial charge in [0.05, 0.1) is 41.7 Å². The maximum Gasteiger partial charge on any atom is 0.167 e. The fourth-order valence-electron chi connectivity index (χ4n) is 3.71. The van der Waals surface area contributed by atoms with Crippen LogP contribution in [-0.2, 0) is 11.3 Å². The standard InChI is InChI=1S/C24H34O6/c1-16(14-30-15-18-7-9-20(26-3)10-8-18)11-19(13-25)21-12-22(27-4)24(29-6)17(2)23(21)28-5/h7-10,12,16,19,25H,11,13-15H2,1-6H3/t16-,19-/m0/s1. The Morgan fingerprint density at radius 3 is 2.10 bits per heavy atom. The molecule has 0 saturated heterocycles. The third-order valence-electron chi connectivity index (χ3n) is 5.26. The zero-order chi connectivity index (χ0) is 22.1. The predicted molar refractivity (Wildman–Crippen MR) is 117 cm³/mol. The lowest BCUT2D eigenvalue weighted by atomic mass is 9.88. The molecule has 0 spiro atoms. The molecule has 2 aromatic carbocycles. The smallest absolute Gasteiger partial charge is 0.167 e. The maximum absolute atomic E-state index is 10.1. The van der Waals surface area contributed by atoms with E-state index in [0.29, 0.717) is 24.7 Å². The Bertz CT molecular complexity index is 787. The molecule has 2 atom stereocenters. The third kappa shape index (κ3) is 5.80. The van der Waals surface area contributed by atoms with E-state index in [4.69, 9.17) is 23.7 Å². The van der Waals surface area contributed by atoms with Gasteiger partial charge in [0.25, 0.3) is 0 Å². The molecule has 0 radical (unpaired) electrons. The van der Waals surface area contributed by atoms with Crippen molar-refractivity contribution < 1.29 is 28.8 Å². The van der Waals surface area contributed by atoms with Gasteiger partial charge in [0.1, 0.15) is 11.5 Å². The van der Waals surface area contributed by atoms with Crippen LogP contribution in [0.1, 0.15) is 36.0 Å². The predicted octanol–water partition coefficient (Wildman–Crippen LogP) is 4.35. The summed E-state index contributed by atoms with van der Waals surface area (Å²) in [5.41, 5.74) is 2.87. The second kappa shape index (κ2) is 11.7. The number of benzene rings is 2. The normalized spacial score (nSPS) is 12.9. The highest BCUT2D eigenvalue weighted by Gasteiger charge is 2.24. The Kier molecular flexibility index (Phi) is 9.27. The van der Waals surface area contributed by atoms with Gasteiger partial charge in [0, 0.05) is 23.7 Å². The third-order valence-corrected chi connectivity index (χ3v) is 5.26. The Hall–Kier alpha value is -2.44. The fourth-order valence-corrected chi connectivity index (χ4v) is 3.71. The molecule has 0 aliphatic carbocycles. The highest BCUT2D eigenvalue weighted by atomic mass is 16.5. The van der Waals surface area contributed by atoms with Crippen LogP contribution < -0.4 is 18.9 Å². The van der Waals surface area contributed by atoms with Gasteiger partial charge in [-0.05, 0) is 43.0 Å². The van der Waals surface area contributed by atoms with Gasteiger partial charge in [-0.25, -0.2) is 0 Å². The highest BCUT2D eigenvalue weighted by Crippen LogP contribution is 2.43. The first kappa shape index (κ1) is 23.8. The molecule has 30 heavy (non-hydrogen) atoms. The van der Waals surface area contributed by atoms with Crippen molar-refractivity contribution in [3.05, 3.63) is 47.0 Å². The number of methoxy groups -OCH3 is 4. The number of hydrogen-bond acceptors (Lipinski definition) is 6. The molecule has 0 aliphatic rings. The van der Waals surface area contributed by atoms with Gasteiger partial charge in [-0.1, -0.05) is 19.1 Å². The SMILES string of the molecule is COc1ccc(COC[C@@H](C)C[C@@H](CO)c2cc(OC)c(OC)c(C)c2OC)cc1. The summed E-state index contributed by atoms with van der Waals surface area (Å²) in [6.45, 7) is 5.19. The fraction of sp³-hybridized carbons (Fsp3) is 0.500. The average molecular weight is 419 g/mol. The summed E-state index contributed by atoms with van der Waals surface area (Å²) < 4.78 is 27.7. The molecule has 0 heterocycles. The summed E-state index contributed by atoms with van der Waals surface area (Å²) in [6.07, 6.45) is 0.754. The first-order valence-corrected chi connectivity index (χ1v) is 10.1. The van der Waals surface area contributed by atoms with Crippen molar-refractivity contribution in [2.24, 2.45) is 5.92 Å². The number of aliphatic hydroxyl groups excluding tert-OH is 1. The summed E-state index contributed by atoms with van der Waals surface area (Å²) in [5, 5.41) is 10.1. The van der Waals surface area contributed by atoms with Gasteiger partial charge >= 0.3 is 0 Å². The van der Waals surface area contributed by atoms with E-state index in [1.807, 2.05) is 37.3 Å². The summed E-state index contributed by atoms with van der Waals surface area (Å²) >= 11 is 0. The van der Waals surface area contributed by atoms with E-state index in [1.165, 1.54) is 0 Å². The van der Waals surface area contributed by atoms with Crippen molar-refractivity contribution in [3.8, 4) is 23.0 Å². The number of aliphatic hydroxyl groups is 1. The van der Waals surface area contributed by atoms with E-state index in [-0.39, 0.29) is 18.4 Å². The van der Waals surface area contributed by atoms with Crippen molar-refractivity contribution in [1.82, 2.24) is 0 Å². The Morgan fingerprint density at radius 1 is 0.900 bits per heavy atom. The Balaban J connectivity index is 2.05. The molecule has 0 aromatic heterocycles. The van der Waals surface area contributed by atoms with Gasteiger partial charge in [0.2, 0.25) is 0 Å². The van der Waals surface area contributed by atoms with Crippen LogP contribution in [0.3, 0.4) is 0 Å². The summed E-state index contributed by atoms with van der Waals surface area (Å²) in [7, 11) is 6.50. The summed E-state index contributed by atoms with van der Waals surface area (Å²) in [6, 6.07) is 9.75. The van der Waals surface area contributed by atoms with Crippen LogP contribution in [0, 0.1) is 12.8 Å². The Labute approximate surface area is 179 Å². The largest absolute Gasteiger partial charge is 0.497 e. The van der Waals surface area contributed by atoms with Crippen molar-refractivity contribution in [3.63, 3.8) is 0 Å². The molecule has 0 amide bonds. The minimum atomic E-state index is -0.0990. The lowest BCUT2D eigenvalue weighted by molar-refractivity contribution is 0.0840. The molecule has 0 saturated carbocycles. The second-order valence-corrected chi connectivity index (χ2v) is 7.44. The molecule has 0 bridgehead atoms. The van der Waals surface area contributed by atoms with Crippen molar-refractivity contribution in [2.75, 3.05) is 41.7 Å². The van der Waals surface area contributed by atoms with Crippen LogP contribution in [-0.4, -0.2) is 46.8 Å². The van der Waals surface area contributed by atoms with Crippen LogP contribution in [0.2, 0.25) is 0 Å². The Morgan fingerprint density at radius 2 is 1.57 bits per heavy atom. The molecular weight excluding hydrogens is 384 g/mol. The van der Waals surface area contributed by atoms with Gasteiger partial charge in [-0.15, -0.1) is 0 Å². The molecule has 1 N–H and O–H groups in total. The molecule has 2 aromatic rings. The molecule has 6 nitrogen and oxygen atoms in total. The van der Waals surface area contributed by atoms with Crippen LogP contribution in [0.4, 0.5) is 0 Å². The molecule has 0 unspecified atom stereocenters. The first-order valence-electron chi connectivity index (χ1n) is 10.1. The van der Waals surface area contributed by atoms with E-state index in [0.717, 1.165) is 34.6 Å². The van der Waals surface area contributed by atoms with Crippen LogP contribution in [0.15, 0.2) is 30.3 Å². The lowest BCUT2D eigenvalue weighted by Gasteiger charge is -2.24. The zero-order valence-corrected chi connectivity index (χ0v) is 18.9. The van der Waals surface area contributed by atoms with E-state index < -0.39 is 0 Å². The van der Waals surface area contributed by atoms with Crippen molar-refractivity contribution in [1.29, 1.82) is 0 Å². The van der Waals surface area contributed by atoms with Crippen molar-refractivity contribution in [2.45, 2.75) is 32.8 Å². The van der Waals surface area contributed by atoms with Crippen LogP contribution in [0.25, 0.3) is 0 Å². The van der Waals surface area contributed by atoms with E-state index in [1.54, 1.807) is 28.4 Å². The molecule has 0 aliphatic heterocycles. The molecule has 2 rings (SSSR count). The number of hydrogen-bond donors (Lipinski definition) is 1. The van der Waals surface area contributed by atoms with Gasteiger partial charge in [0.15, 0.2) is 11.5 Å². The van der Waals surface area contributed by atoms with Gasteiger partial charge < -0.3 is 28.8 Å². The first-order chi connectivity index (χ1) is 14.5. The number of rotatable bonds is 12. The second-order valence-electron chi connectivity index (χ2n) is 7.44. The van der Waals surface area contributed by atoms with E-state index in [2.05, 4.69) is 6.92 Å². The molecule has 6 heteroatoms. The summed E-state index contributed by atoms with van der Waals surface area (Å²) in [4.78, 5) is 0. The zero-order valence-electron chi connectivity index (χ0n) is 18.9. The maximum atomic E-state index is 10.1. The van der Waals surface area contributed by atoms with E-state index >= 15 is 0 Å². The van der Waals surface area contributed by atoms with Crippen molar-refractivity contribution >= 4 is 0 Å². The topological polar surface area (TPSA) is 66.4 Å². The van der Waals surface area contributed by atoms with Crippen LogP contribution in [0.5, 0.6) is 23.0 Å². The molecular formula is C24H34O6. The summed E-state index contributed by atoms with van der Waals surface area (Å²) in [5.74, 6) is 2.98. The molecule has 0 fully saturated rings. The average Bonchev–Trinajstić information content (AvgIpc) is 2.77. The minimum Gasteiger partial charge on any atom is -0.497 e. The van der Waals surface area contributed by atoms with Gasteiger partial charge in [-0.2, -0.15) is 0 Å². The van der Waals surface area contributed by atoms with Gasteiger partial charge in [-0.3, -0.25) is 0 Å². The highest BCUT2D eigenvalue weighted by molar-refractivity contribution is 5.58. The lowest BCUT2D eigenvalue weighted by Crippen LogP contribution is -2.15. The monoisotopic (exact) mass is 418 g/mol. The quantitative estimate of drug-likeness (QED) is 0.553. The minimum absolute atomic E-state index is 0.00804. The van der Waals surface area contributed by atoms with Crippen LogP contribution >= 0.6 is 0 Å².